The lowest BCUT2D eigenvalue weighted by Crippen LogP contribution is -2.28. The summed E-state index contributed by atoms with van der Waals surface area (Å²) < 4.78 is 5.50. The molecule has 1 atom stereocenters. The summed E-state index contributed by atoms with van der Waals surface area (Å²) in [5, 5.41) is 12.6. The maximum Gasteiger partial charge on any atom is 0.230 e. The molecule has 118 valence electrons. The molecule has 1 aromatic heterocycles. The van der Waals surface area contributed by atoms with Crippen LogP contribution in [0.2, 0.25) is 0 Å². The van der Waals surface area contributed by atoms with Gasteiger partial charge in [-0.25, -0.2) is 4.98 Å². The van der Waals surface area contributed by atoms with E-state index in [2.05, 4.69) is 15.3 Å². The van der Waals surface area contributed by atoms with Crippen molar-refractivity contribution in [2.75, 3.05) is 11.9 Å². The van der Waals surface area contributed by atoms with Crippen LogP contribution < -0.4 is 5.32 Å². The molecule has 1 rings (SSSR count). The summed E-state index contributed by atoms with van der Waals surface area (Å²) in [4.78, 5) is 20.0. The number of hydrogen-bond donors (Lipinski definition) is 2. The molecule has 0 saturated heterocycles. The summed E-state index contributed by atoms with van der Waals surface area (Å²) in [5.74, 6) is 0.226. The highest BCUT2D eigenvalue weighted by Crippen LogP contribution is 2.17. The third-order valence-electron chi connectivity index (χ3n) is 2.61. The summed E-state index contributed by atoms with van der Waals surface area (Å²) in [6, 6.07) is 0. The van der Waals surface area contributed by atoms with E-state index < -0.39 is 11.5 Å². The summed E-state index contributed by atoms with van der Waals surface area (Å²) in [6.45, 7) is 11.3. The van der Waals surface area contributed by atoms with Crippen LogP contribution in [0, 0.1) is 5.41 Å². The Bertz CT molecular complexity index is 472. The van der Waals surface area contributed by atoms with Gasteiger partial charge >= 0.3 is 0 Å². The molecule has 0 aliphatic heterocycles. The van der Waals surface area contributed by atoms with Gasteiger partial charge in [0.25, 0.3) is 0 Å². The van der Waals surface area contributed by atoms with Gasteiger partial charge in [0.05, 0.1) is 30.3 Å². The lowest BCUT2D eigenvalue weighted by Gasteiger charge is -2.21. The smallest absolute Gasteiger partial charge is 0.230 e. The first-order chi connectivity index (χ1) is 9.49. The Kier molecular flexibility index (Phi) is 5.42. The van der Waals surface area contributed by atoms with Crippen molar-refractivity contribution in [3.63, 3.8) is 0 Å². The van der Waals surface area contributed by atoms with Gasteiger partial charge in [0.1, 0.15) is 6.10 Å². The molecule has 6 heteroatoms. The van der Waals surface area contributed by atoms with Crippen LogP contribution in [0.5, 0.6) is 0 Å². The van der Waals surface area contributed by atoms with E-state index in [1.54, 1.807) is 0 Å². The average Bonchev–Trinajstić information content (AvgIpc) is 2.35. The standard InChI is InChI=1S/C15H25N3O3/c1-14(2,3)13(20)18-12-8-16-10(7-17-12)11(19)9-21-15(4,5)6/h7-8,11,19H,9H2,1-6H3,(H,17,18,20)/t11-/m1/s1. The highest BCUT2D eigenvalue weighted by atomic mass is 16.5. The molecule has 0 aromatic carbocycles. The lowest BCUT2D eigenvalue weighted by molar-refractivity contribution is -0.123. The van der Waals surface area contributed by atoms with E-state index in [9.17, 15) is 9.90 Å². The van der Waals surface area contributed by atoms with Crippen LogP contribution in [0.15, 0.2) is 12.4 Å². The molecule has 0 unspecified atom stereocenters. The van der Waals surface area contributed by atoms with Crippen LogP contribution in [0.1, 0.15) is 53.3 Å². The Labute approximate surface area is 126 Å². The van der Waals surface area contributed by atoms with Crippen LogP contribution in [-0.4, -0.2) is 33.2 Å². The number of anilines is 1. The van der Waals surface area contributed by atoms with Crippen LogP contribution in [0.25, 0.3) is 0 Å². The number of nitrogens with one attached hydrogen (secondary N) is 1. The van der Waals surface area contributed by atoms with E-state index in [0.717, 1.165) is 0 Å². The number of carbonyl (C=O) groups is 1. The SMILES string of the molecule is CC(C)(C)OC[C@@H](O)c1cnc(NC(=O)C(C)(C)C)cn1. The van der Waals surface area contributed by atoms with E-state index in [0.29, 0.717) is 11.5 Å². The minimum Gasteiger partial charge on any atom is -0.384 e. The van der Waals surface area contributed by atoms with Crippen LogP contribution in [0.3, 0.4) is 0 Å². The Balaban J connectivity index is 2.64. The molecular formula is C15H25N3O3. The molecule has 0 spiro atoms. The van der Waals surface area contributed by atoms with Crippen molar-refractivity contribution in [2.45, 2.75) is 53.2 Å². The predicted molar refractivity (Wildman–Crippen MR) is 80.8 cm³/mol. The van der Waals surface area contributed by atoms with Crippen LogP contribution >= 0.6 is 0 Å². The molecule has 0 radical (unpaired) electrons. The number of aliphatic hydroxyl groups excluding tert-OH is 1. The quantitative estimate of drug-likeness (QED) is 0.890. The number of nitrogens with zero attached hydrogens (tertiary/aromatic N) is 2. The number of ether oxygens (including phenoxy) is 1. The maximum atomic E-state index is 11.8. The Morgan fingerprint density at radius 2 is 1.86 bits per heavy atom. The second-order valence-corrected chi connectivity index (χ2v) is 6.97. The molecule has 21 heavy (non-hydrogen) atoms. The van der Waals surface area contributed by atoms with Gasteiger partial charge in [0.15, 0.2) is 5.82 Å². The van der Waals surface area contributed by atoms with Gasteiger partial charge in [-0.05, 0) is 20.8 Å². The molecule has 0 aliphatic rings. The Hall–Kier alpha value is -1.53. The van der Waals surface area contributed by atoms with Crippen molar-refractivity contribution in [1.29, 1.82) is 0 Å². The predicted octanol–water partition coefficient (Wildman–Crippen LogP) is 2.31. The van der Waals surface area contributed by atoms with Gasteiger partial charge < -0.3 is 15.2 Å². The number of carbonyl (C=O) groups excluding carboxylic acids is 1. The zero-order valence-electron chi connectivity index (χ0n) is 13.6. The fourth-order valence-corrected chi connectivity index (χ4v) is 1.29. The fraction of sp³-hybridized carbons (Fsp3) is 0.667. The van der Waals surface area contributed by atoms with E-state index in [4.69, 9.17) is 4.74 Å². The van der Waals surface area contributed by atoms with Crippen molar-refractivity contribution >= 4 is 11.7 Å². The second-order valence-electron chi connectivity index (χ2n) is 6.97. The number of rotatable bonds is 4. The number of amides is 1. The normalized spacial score (nSPS) is 13.9. The zero-order valence-corrected chi connectivity index (χ0v) is 13.6. The Morgan fingerprint density at radius 3 is 2.29 bits per heavy atom. The molecule has 0 saturated carbocycles. The molecule has 1 heterocycles. The van der Waals surface area contributed by atoms with Gasteiger partial charge in [0, 0.05) is 5.41 Å². The number of aliphatic hydroxyl groups is 1. The van der Waals surface area contributed by atoms with E-state index in [1.807, 2.05) is 41.5 Å². The highest BCUT2D eigenvalue weighted by Gasteiger charge is 2.22. The third kappa shape index (κ3) is 6.18. The molecule has 0 fully saturated rings. The summed E-state index contributed by atoms with van der Waals surface area (Å²) in [5.41, 5.74) is -0.414. The van der Waals surface area contributed by atoms with Crippen molar-refractivity contribution < 1.29 is 14.6 Å². The van der Waals surface area contributed by atoms with E-state index in [-0.39, 0.29) is 18.1 Å². The molecule has 1 amide bonds. The van der Waals surface area contributed by atoms with Crippen molar-refractivity contribution in [3.05, 3.63) is 18.1 Å². The van der Waals surface area contributed by atoms with E-state index in [1.165, 1.54) is 12.4 Å². The molecule has 0 aliphatic carbocycles. The average molecular weight is 295 g/mol. The topological polar surface area (TPSA) is 84.3 Å². The zero-order chi connectivity index (χ0) is 16.3. The van der Waals surface area contributed by atoms with Crippen LogP contribution in [0.4, 0.5) is 5.82 Å². The van der Waals surface area contributed by atoms with E-state index >= 15 is 0 Å². The first-order valence-electron chi connectivity index (χ1n) is 6.94. The first kappa shape index (κ1) is 17.5. The third-order valence-corrected chi connectivity index (χ3v) is 2.61. The molecule has 6 nitrogen and oxygen atoms in total. The fourth-order valence-electron chi connectivity index (χ4n) is 1.29. The van der Waals surface area contributed by atoms with Gasteiger partial charge in [0.2, 0.25) is 5.91 Å². The van der Waals surface area contributed by atoms with Crippen molar-refractivity contribution in [2.24, 2.45) is 5.41 Å². The monoisotopic (exact) mass is 295 g/mol. The minimum absolute atomic E-state index is 0.138. The second kappa shape index (κ2) is 6.49. The molecule has 1 aromatic rings. The highest BCUT2D eigenvalue weighted by molar-refractivity contribution is 5.93. The molecule has 2 N–H and O–H groups in total. The molecular weight excluding hydrogens is 270 g/mol. The maximum absolute atomic E-state index is 11.8. The summed E-state index contributed by atoms with van der Waals surface area (Å²) in [7, 11) is 0. The minimum atomic E-state index is -0.843. The summed E-state index contributed by atoms with van der Waals surface area (Å²) in [6.07, 6.45) is 2.03. The Morgan fingerprint density at radius 1 is 1.24 bits per heavy atom. The number of aromatic nitrogens is 2. The molecule has 0 bridgehead atoms. The lowest BCUT2D eigenvalue weighted by atomic mass is 9.96. The van der Waals surface area contributed by atoms with Crippen LogP contribution in [-0.2, 0) is 9.53 Å². The van der Waals surface area contributed by atoms with Gasteiger partial charge in [-0.1, -0.05) is 20.8 Å². The van der Waals surface area contributed by atoms with Gasteiger partial charge in [-0.3, -0.25) is 9.78 Å². The first-order valence-corrected chi connectivity index (χ1v) is 6.94. The van der Waals surface area contributed by atoms with Crippen molar-refractivity contribution in [1.82, 2.24) is 9.97 Å². The van der Waals surface area contributed by atoms with Gasteiger partial charge in [-0.15, -0.1) is 0 Å². The number of hydrogen-bond acceptors (Lipinski definition) is 5. The largest absolute Gasteiger partial charge is 0.384 e. The van der Waals surface area contributed by atoms with Crippen molar-refractivity contribution in [3.8, 4) is 0 Å². The van der Waals surface area contributed by atoms with Gasteiger partial charge in [-0.2, -0.15) is 0 Å². The summed E-state index contributed by atoms with van der Waals surface area (Å²) >= 11 is 0.